The fourth-order valence-corrected chi connectivity index (χ4v) is 3.65. The van der Waals surface area contributed by atoms with Gasteiger partial charge in [-0.1, -0.05) is 6.07 Å². The molecule has 1 saturated heterocycles. The van der Waals surface area contributed by atoms with Gasteiger partial charge >= 0.3 is 6.03 Å². The Bertz CT molecular complexity index is 980. The van der Waals surface area contributed by atoms with E-state index >= 15 is 0 Å². The van der Waals surface area contributed by atoms with Gasteiger partial charge in [-0.3, -0.25) is 15.0 Å². The number of nitrogens with zero attached hydrogens (tertiary/aromatic N) is 5. The maximum absolute atomic E-state index is 11.8. The average molecular weight is 422 g/mol. The van der Waals surface area contributed by atoms with Crippen molar-refractivity contribution in [1.82, 2.24) is 30.5 Å². The van der Waals surface area contributed by atoms with Crippen molar-refractivity contribution in [3.63, 3.8) is 0 Å². The molecule has 0 unspecified atom stereocenters. The molecular weight excluding hydrogens is 396 g/mol. The number of carbonyl (C=O) groups excluding carboxylic acids is 2. The van der Waals surface area contributed by atoms with Gasteiger partial charge in [0.15, 0.2) is 0 Å². The molecule has 31 heavy (non-hydrogen) atoms. The van der Waals surface area contributed by atoms with E-state index in [-0.39, 0.29) is 23.6 Å². The Morgan fingerprint density at radius 1 is 1.26 bits per heavy atom. The maximum atomic E-state index is 11.8. The molecule has 1 aliphatic rings. The summed E-state index contributed by atoms with van der Waals surface area (Å²) < 4.78 is 0. The van der Waals surface area contributed by atoms with E-state index in [0.717, 1.165) is 37.2 Å². The van der Waals surface area contributed by atoms with Gasteiger partial charge in [-0.2, -0.15) is 5.26 Å². The van der Waals surface area contributed by atoms with Gasteiger partial charge in [0.05, 0.1) is 5.69 Å². The molecule has 1 fully saturated rings. The van der Waals surface area contributed by atoms with E-state index < -0.39 is 0 Å². The number of nitrogens with one attached hydrogen (secondary N) is 3. The van der Waals surface area contributed by atoms with Gasteiger partial charge in [-0.15, -0.1) is 0 Å². The number of hydrogen-bond acceptors (Lipinski definition) is 7. The highest BCUT2D eigenvalue weighted by atomic mass is 16.2. The van der Waals surface area contributed by atoms with Crippen molar-refractivity contribution in [2.24, 2.45) is 0 Å². The molecule has 10 nitrogen and oxygen atoms in total. The molecule has 3 N–H and O–H groups in total. The minimum absolute atomic E-state index is 0.220. The molecular formula is C21H26N8O2. The second kappa shape index (κ2) is 10.4. The Labute approximate surface area is 181 Å². The molecule has 3 amide bonds. The number of urea groups is 1. The largest absolute Gasteiger partial charge is 0.354 e. The number of amides is 3. The number of rotatable bonds is 6. The van der Waals surface area contributed by atoms with Crippen molar-refractivity contribution in [1.29, 1.82) is 5.26 Å². The quantitative estimate of drug-likeness (QED) is 0.643. The number of nitriles is 1. The zero-order valence-electron chi connectivity index (χ0n) is 17.7. The van der Waals surface area contributed by atoms with Crippen LogP contribution in [0, 0.1) is 11.3 Å². The summed E-state index contributed by atoms with van der Waals surface area (Å²) in [4.78, 5) is 38.3. The molecule has 162 valence electrons. The minimum atomic E-state index is -0.302. The van der Waals surface area contributed by atoms with Crippen LogP contribution in [-0.4, -0.2) is 58.5 Å². The van der Waals surface area contributed by atoms with Gasteiger partial charge in [0, 0.05) is 26.2 Å². The zero-order valence-corrected chi connectivity index (χ0v) is 17.7. The van der Waals surface area contributed by atoms with E-state index in [1.54, 1.807) is 12.1 Å². The molecule has 10 heteroatoms. The lowest BCUT2D eigenvalue weighted by Crippen LogP contribution is -2.33. The standard InChI is InChI=1S/C21H26N8O2/c1-3-24-21(31)28-19-10-15(25-13-26-19)12-29-8-6-14(7-9-29)16-4-5-17(20(30)23-2)27-18(16)11-22/h4-5,10,13-14H,3,6-9,12H2,1-2H3,(H,23,30)(H2,24,25,26,28,31). The Morgan fingerprint density at radius 2 is 2.03 bits per heavy atom. The molecule has 0 radical (unpaired) electrons. The van der Waals surface area contributed by atoms with Crippen molar-refractivity contribution in [3.8, 4) is 6.07 Å². The number of piperidine rings is 1. The second-order valence-corrected chi connectivity index (χ2v) is 7.25. The monoisotopic (exact) mass is 422 g/mol. The number of aromatic nitrogens is 3. The number of pyridine rings is 1. The van der Waals surface area contributed by atoms with Crippen LogP contribution in [0.5, 0.6) is 0 Å². The highest BCUT2D eigenvalue weighted by molar-refractivity contribution is 5.92. The van der Waals surface area contributed by atoms with E-state index in [9.17, 15) is 14.9 Å². The van der Waals surface area contributed by atoms with Crippen LogP contribution < -0.4 is 16.0 Å². The van der Waals surface area contributed by atoms with Gasteiger partial charge in [-0.05, 0) is 50.4 Å². The van der Waals surface area contributed by atoms with Gasteiger partial charge in [0.2, 0.25) is 0 Å². The van der Waals surface area contributed by atoms with E-state index in [2.05, 4.69) is 41.9 Å². The van der Waals surface area contributed by atoms with Crippen molar-refractivity contribution >= 4 is 17.8 Å². The van der Waals surface area contributed by atoms with Crippen molar-refractivity contribution in [2.75, 3.05) is 32.0 Å². The molecule has 0 spiro atoms. The predicted octanol–water partition coefficient (Wildman–Crippen LogP) is 1.62. The zero-order chi connectivity index (χ0) is 22.2. The number of carbonyl (C=O) groups is 2. The third kappa shape index (κ3) is 5.73. The van der Waals surface area contributed by atoms with Crippen LogP contribution in [0.25, 0.3) is 0 Å². The van der Waals surface area contributed by atoms with Crippen LogP contribution in [0.3, 0.4) is 0 Å². The molecule has 0 bridgehead atoms. The molecule has 0 aromatic carbocycles. The van der Waals surface area contributed by atoms with Gasteiger partial charge in [0.1, 0.15) is 29.6 Å². The third-order valence-corrected chi connectivity index (χ3v) is 5.21. The molecule has 3 heterocycles. The highest BCUT2D eigenvalue weighted by Gasteiger charge is 2.24. The van der Waals surface area contributed by atoms with Gasteiger partial charge in [0.25, 0.3) is 5.91 Å². The van der Waals surface area contributed by atoms with Gasteiger partial charge < -0.3 is 10.6 Å². The summed E-state index contributed by atoms with van der Waals surface area (Å²) in [6, 6.07) is 7.13. The first-order valence-electron chi connectivity index (χ1n) is 10.2. The van der Waals surface area contributed by atoms with Crippen LogP contribution in [0.4, 0.5) is 10.6 Å². The first-order chi connectivity index (χ1) is 15.0. The lowest BCUT2D eigenvalue weighted by molar-refractivity contribution is 0.0958. The molecule has 2 aromatic rings. The summed E-state index contributed by atoms with van der Waals surface area (Å²) in [5.41, 5.74) is 2.29. The fourth-order valence-electron chi connectivity index (χ4n) is 3.65. The number of likely N-dealkylation sites (tertiary alicyclic amines) is 1. The van der Waals surface area contributed by atoms with Crippen molar-refractivity contribution in [2.45, 2.75) is 32.2 Å². The maximum Gasteiger partial charge on any atom is 0.320 e. The lowest BCUT2D eigenvalue weighted by atomic mass is 9.88. The third-order valence-electron chi connectivity index (χ3n) is 5.21. The SMILES string of the molecule is CCNC(=O)Nc1cc(CN2CCC(c3ccc(C(=O)NC)nc3C#N)CC2)ncn1. The van der Waals surface area contributed by atoms with E-state index in [4.69, 9.17) is 0 Å². The Balaban J connectivity index is 1.60. The van der Waals surface area contributed by atoms with Gasteiger partial charge in [-0.25, -0.2) is 19.7 Å². The molecule has 0 saturated carbocycles. The topological polar surface area (TPSA) is 136 Å². The Kier molecular flexibility index (Phi) is 7.45. The lowest BCUT2D eigenvalue weighted by Gasteiger charge is -2.32. The van der Waals surface area contributed by atoms with Crippen LogP contribution in [-0.2, 0) is 6.54 Å². The first-order valence-corrected chi connectivity index (χ1v) is 10.2. The normalized spacial score (nSPS) is 14.5. The Hall–Kier alpha value is -3.58. The summed E-state index contributed by atoms with van der Waals surface area (Å²) in [5.74, 6) is 0.382. The summed E-state index contributed by atoms with van der Waals surface area (Å²) in [5, 5.41) is 17.4. The summed E-state index contributed by atoms with van der Waals surface area (Å²) >= 11 is 0. The van der Waals surface area contributed by atoms with Crippen LogP contribution in [0.1, 0.15) is 53.1 Å². The van der Waals surface area contributed by atoms with Crippen molar-refractivity contribution in [3.05, 3.63) is 47.2 Å². The van der Waals surface area contributed by atoms with E-state index in [0.29, 0.717) is 24.6 Å². The highest BCUT2D eigenvalue weighted by Crippen LogP contribution is 2.30. The summed E-state index contributed by atoms with van der Waals surface area (Å²) in [6.45, 7) is 4.72. The molecule has 3 rings (SSSR count). The molecule has 0 atom stereocenters. The number of anilines is 1. The predicted molar refractivity (Wildman–Crippen MR) is 114 cm³/mol. The van der Waals surface area contributed by atoms with E-state index in [1.807, 2.05) is 13.0 Å². The van der Waals surface area contributed by atoms with Crippen LogP contribution in [0.2, 0.25) is 0 Å². The van der Waals surface area contributed by atoms with Crippen LogP contribution in [0.15, 0.2) is 24.5 Å². The smallest absolute Gasteiger partial charge is 0.320 e. The van der Waals surface area contributed by atoms with Crippen molar-refractivity contribution < 1.29 is 9.59 Å². The fraction of sp³-hybridized carbons (Fsp3) is 0.429. The first kappa shape index (κ1) is 22.1. The Morgan fingerprint density at radius 3 is 2.71 bits per heavy atom. The minimum Gasteiger partial charge on any atom is -0.354 e. The molecule has 0 aliphatic carbocycles. The molecule has 1 aliphatic heterocycles. The second-order valence-electron chi connectivity index (χ2n) is 7.25. The summed E-state index contributed by atoms with van der Waals surface area (Å²) in [6.07, 6.45) is 3.21. The summed E-state index contributed by atoms with van der Waals surface area (Å²) in [7, 11) is 1.54. The van der Waals surface area contributed by atoms with E-state index in [1.165, 1.54) is 13.4 Å². The van der Waals surface area contributed by atoms with Crippen LogP contribution >= 0.6 is 0 Å². The molecule has 2 aromatic heterocycles. The number of hydrogen-bond donors (Lipinski definition) is 3. The average Bonchev–Trinajstić information content (AvgIpc) is 2.79.